The third kappa shape index (κ3) is 4.28. The van der Waals surface area contributed by atoms with Crippen LogP contribution in [0.25, 0.3) is 10.9 Å². The predicted octanol–water partition coefficient (Wildman–Crippen LogP) is 2.39. The van der Waals surface area contributed by atoms with E-state index >= 15 is 0 Å². The lowest BCUT2D eigenvalue weighted by Crippen LogP contribution is -2.42. The highest BCUT2D eigenvalue weighted by Gasteiger charge is 2.21. The van der Waals surface area contributed by atoms with Crippen LogP contribution >= 0.6 is 0 Å². The minimum atomic E-state index is -1.05. The van der Waals surface area contributed by atoms with Gasteiger partial charge in [-0.05, 0) is 18.1 Å². The van der Waals surface area contributed by atoms with E-state index in [0.717, 1.165) is 10.9 Å². The van der Waals surface area contributed by atoms with Crippen molar-refractivity contribution >= 4 is 22.8 Å². The van der Waals surface area contributed by atoms with Crippen LogP contribution in [0.4, 0.5) is 0 Å². The van der Waals surface area contributed by atoms with Gasteiger partial charge < -0.3 is 10.4 Å². The van der Waals surface area contributed by atoms with Crippen molar-refractivity contribution in [2.75, 3.05) is 0 Å². The number of aliphatic carboxylic acids is 1. The molecule has 0 aliphatic rings. The molecular weight excluding hydrogens is 280 g/mol. The molecule has 0 spiro atoms. The topological polar surface area (TPSA) is 79.3 Å². The maximum Gasteiger partial charge on any atom is 0.326 e. The third-order valence-electron chi connectivity index (χ3n) is 3.30. The van der Waals surface area contributed by atoms with Crippen LogP contribution in [0.1, 0.15) is 26.0 Å². The Hall–Kier alpha value is -2.43. The summed E-state index contributed by atoms with van der Waals surface area (Å²) in [7, 11) is 0. The SMILES string of the molecule is CC(C)CC(=O)N[C@H](Cc1ccc2ccccc2n1)C(=O)O. The molecule has 1 aromatic heterocycles. The number of nitrogens with one attached hydrogen (secondary N) is 1. The normalized spacial score (nSPS) is 12.3. The van der Waals surface area contributed by atoms with E-state index in [9.17, 15) is 14.7 Å². The molecule has 1 amide bonds. The molecule has 2 rings (SSSR count). The largest absolute Gasteiger partial charge is 0.480 e. The van der Waals surface area contributed by atoms with Crippen LogP contribution in [-0.2, 0) is 16.0 Å². The summed E-state index contributed by atoms with van der Waals surface area (Å²) < 4.78 is 0. The van der Waals surface area contributed by atoms with Crippen molar-refractivity contribution in [1.29, 1.82) is 0 Å². The zero-order chi connectivity index (χ0) is 16.1. The average molecular weight is 300 g/mol. The van der Waals surface area contributed by atoms with Crippen LogP contribution in [0.15, 0.2) is 36.4 Å². The van der Waals surface area contributed by atoms with Crippen molar-refractivity contribution in [2.24, 2.45) is 5.92 Å². The van der Waals surface area contributed by atoms with Gasteiger partial charge in [0.2, 0.25) is 5.91 Å². The van der Waals surface area contributed by atoms with Crippen molar-refractivity contribution < 1.29 is 14.7 Å². The van der Waals surface area contributed by atoms with Crippen LogP contribution < -0.4 is 5.32 Å². The second kappa shape index (κ2) is 7.02. The van der Waals surface area contributed by atoms with Gasteiger partial charge in [-0.3, -0.25) is 9.78 Å². The van der Waals surface area contributed by atoms with E-state index in [0.29, 0.717) is 12.1 Å². The highest BCUT2D eigenvalue weighted by molar-refractivity contribution is 5.84. The molecule has 5 nitrogen and oxygen atoms in total. The van der Waals surface area contributed by atoms with Crippen molar-refractivity contribution in [3.63, 3.8) is 0 Å². The number of nitrogens with zero attached hydrogens (tertiary/aromatic N) is 1. The monoisotopic (exact) mass is 300 g/mol. The number of carbonyl (C=O) groups excluding carboxylic acids is 1. The minimum Gasteiger partial charge on any atom is -0.480 e. The summed E-state index contributed by atoms with van der Waals surface area (Å²) in [5.41, 5.74) is 1.47. The van der Waals surface area contributed by atoms with Gasteiger partial charge >= 0.3 is 5.97 Å². The van der Waals surface area contributed by atoms with Gasteiger partial charge in [-0.15, -0.1) is 0 Å². The first-order valence-electron chi connectivity index (χ1n) is 7.32. The molecule has 22 heavy (non-hydrogen) atoms. The van der Waals surface area contributed by atoms with Gasteiger partial charge in [0.1, 0.15) is 6.04 Å². The van der Waals surface area contributed by atoms with Crippen LogP contribution in [0.3, 0.4) is 0 Å². The molecule has 1 heterocycles. The number of carbonyl (C=O) groups is 2. The van der Waals surface area contributed by atoms with E-state index in [1.807, 2.05) is 44.2 Å². The Kier molecular flexibility index (Phi) is 5.09. The second-order valence-electron chi connectivity index (χ2n) is 5.76. The molecule has 0 saturated heterocycles. The standard InChI is InChI=1S/C17H20N2O3/c1-11(2)9-16(20)19-15(17(21)22)10-13-8-7-12-5-3-4-6-14(12)18-13/h3-8,11,15H,9-10H2,1-2H3,(H,19,20)(H,21,22)/t15-/m1/s1. The van der Waals surface area contributed by atoms with Crippen LogP contribution in [-0.4, -0.2) is 28.0 Å². The fraction of sp³-hybridized carbons (Fsp3) is 0.353. The van der Waals surface area contributed by atoms with E-state index in [2.05, 4.69) is 10.3 Å². The van der Waals surface area contributed by atoms with Gasteiger partial charge in [0.15, 0.2) is 0 Å². The first-order valence-corrected chi connectivity index (χ1v) is 7.32. The molecule has 2 N–H and O–H groups in total. The first kappa shape index (κ1) is 15.9. The Bertz CT molecular complexity index is 682. The van der Waals surface area contributed by atoms with E-state index < -0.39 is 12.0 Å². The molecule has 1 aromatic carbocycles. The number of para-hydroxylation sites is 1. The Morgan fingerprint density at radius 3 is 2.59 bits per heavy atom. The summed E-state index contributed by atoms with van der Waals surface area (Å²) in [5.74, 6) is -1.11. The molecular formula is C17H20N2O3. The number of aromatic nitrogens is 1. The molecule has 0 bridgehead atoms. The highest BCUT2D eigenvalue weighted by atomic mass is 16.4. The Balaban J connectivity index is 2.12. The summed E-state index contributed by atoms with van der Waals surface area (Å²) >= 11 is 0. The lowest BCUT2D eigenvalue weighted by atomic mass is 10.1. The number of fused-ring (bicyclic) bond motifs is 1. The van der Waals surface area contributed by atoms with E-state index in [-0.39, 0.29) is 18.2 Å². The number of rotatable bonds is 6. The number of benzene rings is 1. The molecule has 116 valence electrons. The fourth-order valence-electron chi connectivity index (χ4n) is 2.26. The second-order valence-corrected chi connectivity index (χ2v) is 5.76. The number of amides is 1. The van der Waals surface area contributed by atoms with Gasteiger partial charge in [0.25, 0.3) is 0 Å². The van der Waals surface area contributed by atoms with E-state index in [1.54, 1.807) is 6.07 Å². The quantitative estimate of drug-likeness (QED) is 0.858. The predicted molar refractivity (Wildman–Crippen MR) is 84.5 cm³/mol. The van der Waals surface area contributed by atoms with E-state index in [4.69, 9.17) is 0 Å². The maximum absolute atomic E-state index is 11.8. The van der Waals surface area contributed by atoms with Crippen molar-refractivity contribution in [1.82, 2.24) is 10.3 Å². The van der Waals surface area contributed by atoms with Crippen LogP contribution in [0.5, 0.6) is 0 Å². The summed E-state index contributed by atoms with van der Waals surface area (Å²) in [5, 5.41) is 12.9. The zero-order valence-corrected chi connectivity index (χ0v) is 12.7. The number of carboxylic acids is 1. The molecule has 1 atom stereocenters. The van der Waals surface area contributed by atoms with Crippen molar-refractivity contribution in [3.05, 3.63) is 42.1 Å². The van der Waals surface area contributed by atoms with Gasteiger partial charge in [-0.2, -0.15) is 0 Å². The molecule has 5 heteroatoms. The molecule has 0 radical (unpaired) electrons. The Morgan fingerprint density at radius 2 is 1.91 bits per heavy atom. The Labute approximate surface area is 129 Å². The maximum atomic E-state index is 11.8. The molecule has 0 aliphatic carbocycles. The van der Waals surface area contributed by atoms with Crippen LogP contribution in [0, 0.1) is 5.92 Å². The van der Waals surface area contributed by atoms with Gasteiger partial charge in [0, 0.05) is 23.9 Å². The summed E-state index contributed by atoms with van der Waals surface area (Å²) in [6.45, 7) is 3.83. The first-order chi connectivity index (χ1) is 10.5. The number of hydrogen-bond acceptors (Lipinski definition) is 3. The van der Waals surface area contributed by atoms with Crippen molar-refractivity contribution in [2.45, 2.75) is 32.7 Å². The minimum absolute atomic E-state index is 0.171. The number of carboxylic acid groups (broad SMARTS) is 1. The Morgan fingerprint density at radius 1 is 1.18 bits per heavy atom. The van der Waals surface area contributed by atoms with Gasteiger partial charge in [-0.1, -0.05) is 38.1 Å². The molecule has 0 fully saturated rings. The average Bonchev–Trinajstić information content (AvgIpc) is 2.45. The number of hydrogen-bond donors (Lipinski definition) is 2. The van der Waals surface area contributed by atoms with Crippen LogP contribution in [0.2, 0.25) is 0 Å². The molecule has 0 aliphatic heterocycles. The van der Waals surface area contributed by atoms with Gasteiger partial charge in [-0.25, -0.2) is 4.79 Å². The summed E-state index contributed by atoms with van der Waals surface area (Å²) in [4.78, 5) is 27.6. The molecule has 0 saturated carbocycles. The fourth-order valence-corrected chi connectivity index (χ4v) is 2.26. The van der Waals surface area contributed by atoms with E-state index in [1.165, 1.54) is 0 Å². The highest BCUT2D eigenvalue weighted by Crippen LogP contribution is 2.13. The lowest BCUT2D eigenvalue weighted by Gasteiger charge is -2.15. The molecule has 0 unspecified atom stereocenters. The molecule has 2 aromatic rings. The summed E-state index contributed by atoms with van der Waals surface area (Å²) in [6, 6.07) is 10.4. The van der Waals surface area contributed by atoms with Crippen molar-refractivity contribution in [3.8, 4) is 0 Å². The lowest BCUT2D eigenvalue weighted by molar-refractivity contribution is -0.141. The smallest absolute Gasteiger partial charge is 0.326 e. The zero-order valence-electron chi connectivity index (χ0n) is 12.7. The summed E-state index contributed by atoms with van der Waals surface area (Å²) in [6.07, 6.45) is 0.485. The third-order valence-corrected chi connectivity index (χ3v) is 3.30. The van der Waals surface area contributed by atoms with Gasteiger partial charge in [0.05, 0.1) is 5.52 Å². The number of pyridine rings is 1.